The zero-order valence-corrected chi connectivity index (χ0v) is 13.9. The maximum atomic E-state index is 12.3. The molecule has 2 aromatic rings. The quantitative estimate of drug-likeness (QED) is 0.631. The lowest BCUT2D eigenvalue weighted by atomic mass is 10.1. The molecule has 0 saturated heterocycles. The number of anilines is 1. The molecule has 0 unspecified atom stereocenters. The number of nitrogens with one attached hydrogen (secondary N) is 1. The van der Waals surface area contributed by atoms with Crippen LogP contribution in [-0.2, 0) is 4.79 Å². The van der Waals surface area contributed by atoms with Crippen molar-refractivity contribution in [1.29, 1.82) is 5.26 Å². The standard InChI is InChI=1S/C18H11ClN2O5/c19-14-7-16-15(25-9-26-16)6-11(14)5-12(8-20)17(22)21-13-3-1-10(2-4-13)18(23)24/h1-7H,9H2,(H,21,22)(H,23,24)/b12-5+. The molecule has 1 aliphatic rings. The molecule has 8 heteroatoms. The summed E-state index contributed by atoms with van der Waals surface area (Å²) in [5.74, 6) is -0.751. The van der Waals surface area contributed by atoms with E-state index in [1.165, 1.54) is 30.3 Å². The summed E-state index contributed by atoms with van der Waals surface area (Å²) in [4.78, 5) is 23.1. The van der Waals surface area contributed by atoms with Crippen LogP contribution in [0.15, 0.2) is 42.0 Å². The van der Waals surface area contributed by atoms with Crippen molar-refractivity contribution in [2.75, 3.05) is 12.1 Å². The summed E-state index contributed by atoms with van der Waals surface area (Å²) < 4.78 is 10.5. The molecule has 0 radical (unpaired) electrons. The van der Waals surface area contributed by atoms with E-state index in [9.17, 15) is 14.9 Å². The van der Waals surface area contributed by atoms with Gasteiger partial charge >= 0.3 is 5.97 Å². The van der Waals surface area contributed by atoms with E-state index in [0.29, 0.717) is 27.8 Å². The summed E-state index contributed by atoms with van der Waals surface area (Å²) in [7, 11) is 0. The minimum atomic E-state index is -1.07. The van der Waals surface area contributed by atoms with E-state index in [0.717, 1.165) is 0 Å². The van der Waals surface area contributed by atoms with Gasteiger partial charge in [0.2, 0.25) is 6.79 Å². The van der Waals surface area contributed by atoms with Crippen molar-refractivity contribution >= 4 is 35.2 Å². The van der Waals surface area contributed by atoms with Crippen molar-refractivity contribution in [3.63, 3.8) is 0 Å². The van der Waals surface area contributed by atoms with Crippen LogP contribution in [0.25, 0.3) is 6.08 Å². The van der Waals surface area contributed by atoms with Crippen LogP contribution in [0.4, 0.5) is 5.69 Å². The highest BCUT2D eigenvalue weighted by Gasteiger charge is 2.17. The number of fused-ring (bicyclic) bond motifs is 1. The third-order valence-corrected chi connectivity index (χ3v) is 3.87. The second-order valence-corrected chi connectivity index (χ2v) is 5.64. The Morgan fingerprint density at radius 1 is 1.19 bits per heavy atom. The fraction of sp³-hybridized carbons (Fsp3) is 0.0556. The molecule has 3 rings (SSSR count). The number of carboxylic acid groups (broad SMARTS) is 1. The Kier molecular flexibility index (Phi) is 4.78. The third kappa shape index (κ3) is 3.61. The number of ether oxygens (including phenoxy) is 2. The van der Waals surface area contributed by atoms with E-state index < -0.39 is 11.9 Å². The van der Waals surface area contributed by atoms with Gasteiger partial charge in [0.25, 0.3) is 5.91 Å². The Morgan fingerprint density at radius 2 is 1.85 bits per heavy atom. The molecule has 0 fully saturated rings. The van der Waals surface area contributed by atoms with E-state index in [4.69, 9.17) is 26.2 Å². The van der Waals surface area contributed by atoms with Crippen LogP contribution in [0.5, 0.6) is 11.5 Å². The van der Waals surface area contributed by atoms with Gasteiger partial charge in [-0.05, 0) is 42.0 Å². The highest BCUT2D eigenvalue weighted by Crippen LogP contribution is 2.37. The summed E-state index contributed by atoms with van der Waals surface area (Å²) in [5, 5.41) is 21.0. The molecule has 0 aromatic heterocycles. The van der Waals surface area contributed by atoms with Crippen LogP contribution < -0.4 is 14.8 Å². The first-order valence-electron chi connectivity index (χ1n) is 7.33. The largest absolute Gasteiger partial charge is 0.478 e. The van der Waals surface area contributed by atoms with Gasteiger partial charge in [0.05, 0.1) is 10.6 Å². The Bertz CT molecular complexity index is 961. The van der Waals surface area contributed by atoms with Crippen molar-refractivity contribution in [1.82, 2.24) is 0 Å². The van der Waals surface area contributed by atoms with Gasteiger partial charge in [-0.1, -0.05) is 11.6 Å². The molecule has 0 atom stereocenters. The number of hydrogen-bond acceptors (Lipinski definition) is 5. The average Bonchev–Trinajstić information content (AvgIpc) is 3.06. The van der Waals surface area contributed by atoms with E-state index in [-0.39, 0.29) is 17.9 Å². The third-order valence-electron chi connectivity index (χ3n) is 3.55. The predicted molar refractivity (Wildman–Crippen MR) is 93.2 cm³/mol. The molecule has 0 aliphatic carbocycles. The van der Waals surface area contributed by atoms with Crippen molar-refractivity contribution in [3.05, 3.63) is 58.1 Å². The predicted octanol–water partition coefficient (Wildman–Crippen LogP) is 3.31. The monoisotopic (exact) mass is 370 g/mol. The Balaban J connectivity index is 1.82. The van der Waals surface area contributed by atoms with Crippen molar-refractivity contribution < 1.29 is 24.2 Å². The molecule has 130 valence electrons. The first-order chi connectivity index (χ1) is 12.5. The van der Waals surface area contributed by atoms with Crippen LogP contribution in [0, 0.1) is 11.3 Å². The Labute approximate surface area is 153 Å². The minimum Gasteiger partial charge on any atom is -0.478 e. The first-order valence-corrected chi connectivity index (χ1v) is 7.71. The van der Waals surface area contributed by atoms with Crippen LogP contribution >= 0.6 is 11.6 Å². The van der Waals surface area contributed by atoms with Gasteiger partial charge in [-0.25, -0.2) is 4.79 Å². The zero-order valence-electron chi connectivity index (χ0n) is 13.2. The second-order valence-electron chi connectivity index (χ2n) is 5.23. The molecule has 0 bridgehead atoms. The maximum absolute atomic E-state index is 12.3. The molecule has 7 nitrogen and oxygen atoms in total. The van der Waals surface area contributed by atoms with Gasteiger partial charge in [-0.15, -0.1) is 0 Å². The summed E-state index contributed by atoms with van der Waals surface area (Å²) in [6, 6.07) is 10.5. The summed E-state index contributed by atoms with van der Waals surface area (Å²) in [5.41, 5.74) is 0.709. The molecule has 0 spiro atoms. The van der Waals surface area contributed by atoms with Crippen molar-refractivity contribution in [2.45, 2.75) is 0 Å². The highest BCUT2D eigenvalue weighted by atomic mass is 35.5. The lowest BCUT2D eigenvalue weighted by Gasteiger charge is -2.06. The number of hydrogen-bond donors (Lipinski definition) is 2. The molecule has 0 saturated carbocycles. The molecular formula is C18H11ClN2O5. The molecule has 26 heavy (non-hydrogen) atoms. The van der Waals surface area contributed by atoms with Crippen molar-refractivity contribution in [3.8, 4) is 17.6 Å². The number of carbonyl (C=O) groups is 2. The second kappa shape index (κ2) is 7.17. The first kappa shape index (κ1) is 17.3. The van der Waals surface area contributed by atoms with E-state index in [1.807, 2.05) is 6.07 Å². The smallest absolute Gasteiger partial charge is 0.335 e. The van der Waals surface area contributed by atoms with Crippen LogP contribution in [0.3, 0.4) is 0 Å². The fourth-order valence-corrected chi connectivity index (χ4v) is 2.45. The molecule has 2 aromatic carbocycles. The van der Waals surface area contributed by atoms with Gasteiger partial charge < -0.3 is 19.9 Å². The highest BCUT2D eigenvalue weighted by molar-refractivity contribution is 6.32. The molecule has 1 aliphatic heterocycles. The fourth-order valence-electron chi connectivity index (χ4n) is 2.24. The topological polar surface area (TPSA) is 109 Å². The van der Waals surface area contributed by atoms with Crippen LogP contribution in [0.2, 0.25) is 5.02 Å². The number of aromatic carboxylic acids is 1. The van der Waals surface area contributed by atoms with E-state index >= 15 is 0 Å². The number of carbonyl (C=O) groups excluding carboxylic acids is 1. The molecular weight excluding hydrogens is 360 g/mol. The lowest BCUT2D eigenvalue weighted by molar-refractivity contribution is -0.112. The number of amides is 1. The maximum Gasteiger partial charge on any atom is 0.335 e. The molecule has 2 N–H and O–H groups in total. The summed E-state index contributed by atoms with van der Waals surface area (Å²) in [6.07, 6.45) is 1.34. The van der Waals surface area contributed by atoms with Gasteiger partial charge in [0.15, 0.2) is 11.5 Å². The number of rotatable bonds is 4. The van der Waals surface area contributed by atoms with Gasteiger partial charge in [-0.2, -0.15) is 5.26 Å². The average molecular weight is 371 g/mol. The summed E-state index contributed by atoms with van der Waals surface area (Å²) >= 11 is 6.14. The molecule has 1 heterocycles. The van der Waals surface area contributed by atoms with Crippen molar-refractivity contribution in [2.24, 2.45) is 0 Å². The Morgan fingerprint density at radius 3 is 2.46 bits per heavy atom. The lowest BCUT2D eigenvalue weighted by Crippen LogP contribution is -2.13. The minimum absolute atomic E-state index is 0.0801. The van der Waals surface area contributed by atoms with E-state index in [1.54, 1.807) is 12.1 Å². The SMILES string of the molecule is N#C/C(=C\c1cc2c(cc1Cl)OCO2)C(=O)Nc1ccc(C(=O)O)cc1. The van der Waals surface area contributed by atoms with Gasteiger partial charge in [0.1, 0.15) is 11.6 Å². The van der Waals surface area contributed by atoms with Crippen LogP contribution in [0.1, 0.15) is 15.9 Å². The van der Waals surface area contributed by atoms with Crippen LogP contribution in [-0.4, -0.2) is 23.8 Å². The normalized spacial score (nSPS) is 12.4. The Hall–Kier alpha value is -3.50. The number of halogens is 1. The van der Waals surface area contributed by atoms with Gasteiger partial charge in [0, 0.05) is 11.8 Å². The number of nitriles is 1. The van der Waals surface area contributed by atoms with Gasteiger partial charge in [-0.3, -0.25) is 4.79 Å². The summed E-state index contributed by atoms with van der Waals surface area (Å²) in [6.45, 7) is 0.0801. The molecule has 1 amide bonds. The zero-order chi connectivity index (χ0) is 18.7. The van der Waals surface area contributed by atoms with E-state index in [2.05, 4.69) is 5.32 Å². The number of benzene rings is 2. The number of carboxylic acids is 1. The number of nitrogens with zero attached hydrogens (tertiary/aromatic N) is 1.